The second-order valence-corrected chi connectivity index (χ2v) is 11.0. The number of benzene rings is 1. The predicted molar refractivity (Wildman–Crippen MR) is 146 cm³/mol. The van der Waals surface area contributed by atoms with Gasteiger partial charge in [-0.2, -0.15) is 9.50 Å². The molecule has 15 heteroatoms. The van der Waals surface area contributed by atoms with Crippen molar-refractivity contribution in [2.45, 2.75) is 6.54 Å². The van der Waals surface area contributed by atoms with E-state index in [2.05, 4.69) is 25.0 Å². The maximum atomic E-state index is 14.6. The largest absolute Gasteiger partial charge is 0.489 e. The Bertz CT molecular complexity index is 1680. The summed E-state index contributed by atoms with van der Waals surface area (Å²) in [7, 11) is -1.06. The van der Waals surface area contributed by atoms with Gasteiger partial charge in [-0.15, -0.1) is 5.10 Å². The smallest absolute Gasteiger partial charge is 0.225 e. The van der Waals surface area contributed by atoms with E-state index in [-0.39, 0.29) is 24.1 Å². The maximum Gasteiger partial charge on any atom is 0.225 e. The van der Waals surface area contributed by atoms with Crippen molar-refractivity contribution in [3.05, 3.63) is 48.5 Å². The Morgan fingerprint density at radius 1 is 1.10 bits per heavy atom. The number of furan rings is 1. The van der Waals surface area contributed by atoms with Gasteiger partial charge < -0.3 is 24.4 Å². The number of ether oxygens (including phenoxy) is 1. The topological polar surface area (TPSA) is 133 Å². The van der Waals surface area contributed by atoms with Gasteiger partial charge >= 0.3 is 0 Å². The van der Waals surface area contributed by atoms with Crippen LogP contribution in [0.5, 0.6) is 5.75 Å². The third-order valence-electron chi connectivity index (χ3n) is 6.81. The molecule has 1 aromatic carbocycles. The van der Waals surface area contributed by atoms with Crippen LogP contribution in [-0.4, -0.2) is 89.6 Å². The highest BCUT2D eigenvalue weighted by Crippen LogP contribution is 2.29. The van der Waals surface area contributed by atoms with Crippen molar-refractivity contribution >= 4 is 39.2 Å². The van der Waals surface area contributed by atoms with Crippen molar-refractivity contribution in [3.63, 3.8) is 0 Å². The van der Waals surface area contributed by atoms with Crippen LogP contribution in [-0.2, 0) is 17.3 Å². The Morgan fingerprint density at radius 2 is 1.93 bits per heavy atom. The summed E-state index contributed by atoms with van der Waals surface area (Å²) >= 11 is 0. The summed E-state index contributed by atoms with van der Waals surface area (Å²) in [4.78, 5) is 17.7. The van der Waals surface area contributed by atoms with E-state index >= 15 is 0 Å². The highest BCUT2D eigenvalue weighted by Gasteiger charge is 2.23. The van der Waals surface area contributed by atoms with E-state index < -0.39 is 22.4 Å². The van der Waals surface area contributed by atoms with Crippen molar-refractivity contribution in [2.75, 3.05) is 62.0 Å². The number of hydrogen-bond donors (Lipinski definition) is 1. The van der Waals surface area contributed by atoms with E-state index in [1.165, 1.54) is 10.6 Å². The summed E-state index contributed by atoms with van der Waals surface area (Å²) in [5, 5.41) is 4.40. The highest BCUT2D eigenvalue weighted by molar-refractivity contribution is 7.84. The number of anilines is 2. The number of halogens is 2. The van der Waals surface area contributed by atoms with Crippen LogP contribution in [0, 0.1) is 11.6 Å². The van der Waals surface area contributed by atoms with Crippen LogP contribution in [0.25, 0.3) is 28.4 Å². The number of piperazine rings is 1. The van der Waals surface area contributed by atoms with Gasteiger partial charge in [0.25, 0.3) is 0 Å². The summed E-state index contributed by atoms with van der Waals surface area (Å²) in [6, 6.07) is 5.75. The summed E-state index contributed by atoms with van der Waals surface area (Å²) in [6.45, 7) is 3.91. The fourth-order valence-electron chi connectivity index (χ4n) is 4.71. The van der Waals surface area contributed by atoms with E-state index in [0.717, 1.165) is 6.07 Å². The Labute approximate surface area is 229 Å². The molecule has 1 aliphatic rings. The number of nitrogen functional groups attached to an aromatic ring is 1. The molecule has 4 aromatic heterocycles. The molecule has 1 unspecified atom stereocenters. The molecule has 1 fully saturated rings. The molecular weight excluding hydrogens is 544 g/mol. The van der Waals surface area contributed by atoms with E-state index in [9.17, 15) is 13.0 Å². The number of hydrogen-bond acceptors (Lipinski definition) is 10. The minimum absolute atomic E-state index is 0.0406. The molecule has 2 N–H and O–H groups in total. The lowest BCUT2D eigenvalue weighted by atomic mass is 10.2. The van der Waals surface area contributed by atoms with Gasteiger partial charge in [0.15, 0.2) is 34.1 Å². The predicted octanol–water partition coefficient (Wildman–Crippen LogP) is 2.17. The normalized spacial score (nSPS) is 15.3. The Balaban J connectivity index is 1.11. The lowest BCUT2D eigenvalue weighted by molar-refractivity contribution is 0.248. The van der Waals surface area contributed by atoms with Crippen LogP contribution in [0.4, 0.5) is 20.4 Å². The lowest BCUT2D eigenvalue weighted by Crippen LogP contribution is -2.47. The van der Waals surface area contributed by atoms with Gasteiger partial charge in [-0.3, -0.25) is 9.11 Å². The zero-order chi connectivity index (χ0) is 27.8. The van der Waals surface area contributed by atoms with Crippen molar-refractivity contribution < 1.29 is 22.1 Å². The summed E-state index contributed by atoms with van der Waals surface area (Å²) in [6.07, 6.45) is 4.80. The first-order valence-electron chi connectivity index (χ1n) is 12.7. The van der Waals surface area contributed by atoms with E-state index in [0.29, 0.717) is 73.4 Å². The Morgan fingerprint density at radius 3 is 2.67 bits per heavy atom. The number of fused-ring (bicyclic) bond motifs is 3. The molecule has 0 saturated carbocycles. The summed E-state index contributed by atoms with van der Waals surface area (Å²) in [5.74, 6) is -0.0722. The minimum atomic E-state index is -1.06. The van der Waals surface area contributed by atoms with Gasteiger partial charge in [-0.1, -0.05) is 0 Å². The van der Waals surface area contributed by atoms with Gasteiger partial charge in [-0.05, 0) is 12.1 Å². The first kappa shape index (κ1) is 26.1. The number of nitrogens with two attached hydrogens (primary N) is 1. The molecule has 0 radical (unpaired) electrons. The molecule has 0 amide bonds. The van der Waals surface area contributed by atoms with Crippen LogP contribution in [0.1, 0.15) is 0 Å². The van der Waals surface area contributed by atoms with Gasteiger partial charge in [0, 0.05) is 68.5 Å². The number of rotatable bonds is 9. The van der Waals surface area contributed by atoms with Crippen molar-refractivity contribution in [1.82, 2.24) is 34.0 Å². The fourth-order valence-corrected chi connectivity index (χ4v) is 5.03. The minimum Gasteiger partial charge on any atom is -0.489 e. The quantitative estimate of drug-likeness (QED) is 0.281. The van der Waals surface area contributed by atoms with Gasteiger partial charge in [0.1, 0.15) is 5.82 Å². The SMILES string of the molecule is CS(=O)CCOc1cc(N2CCN(CCn3cnc4c3nc(N)n3nc(-c5ccco5)nc43)CC2)c(F)cc1F. The molecular formula is C25H27F2N9O3S. The van der Waals surface area contributed by atoms with Crippen LogP contribution in [0.3, 0.4) is 0 Å². The third-order valence-corrected chi connectivity index (χ3v) is 7.55. The number of nitrogens with zero attached hydrogens (tertiary/aromatic N) is 8. The standard InChI is InChI=1S/C25H27F2N9O3S/c1-40(37)12-11-39-20-14-18(16(26)13-17(20)27)34-7-4-33(5-8-34)6-9-35-15-29-21-23(35)31-25(28)36-24(21)30-22(32-36)19-3-2-10-38-19/h2-3,10,13-15H,4-9,11-12H2,1H3,(H2,28,31). The maximum absolute atomic E-state index is 14.6. The first-order valence-corrected chi connectivity index (χ1v) is 14.4. The van der Waals surface area contributed by atoms with Crippen LogP contribution >= 0.6 is 0 Å². The number of aromatic nitrogens is 6. The molecule has 5 aromatic rings. The average Bonchev–Trinajstić information content (AvgIpc) is 3.69. The van der Waals surface area contributed by atoms with Gasteiger partial charge in [0.05, 0.1) is 30.6 Å². The molecule has 1 atom stereocenters. The van der Waals surface area contributed by atoms with Crippen LogP contribution < -0.4 is 15.4 Å². The van der Waals surface area contributed by atoms with Crippen molar-refractivity contribution in [3.8, 4) is 17.3 Å². The molecule has 210 valence electrons. The molecule has 0 bridgehead atoms. The van der Waals surface area contributed by atoms with E-state index in [4.69, 9.17) is 14.9 Å². The zero-order valence-corrected chi connectivity index (χ0v) is 22.5. The van der Waals surface area contributed by atoms with Gasteiger partial charge in [0.2, 0.25) is 11.8 Å². The Kier molecular flexibility index (Phi) is 7.06. The summed E-state index contributed by atoms with van der Waals surface area (Å²) in [5.41, 5.74) is 8.16. The van der Waals surface area contributed by atoms with Crippen molar-refractivity contribution in [2.24, 2.45) is 0 Å². The summed E-state index contributed by atoms with van der Waals surface area (Å²) < 4.78 is 54.3. The zero-order valence-electron chi connectivity index (χ0n) is 21.7. The molecule has 0 spiro atoms. The number of imidazole rings is 1. The molecule has 1 saturated heterocycles. The van der Waals surface area contributed by atoms with E-state index in [1.807, 2.05) is 9.47 Å². The lowest BCUT2D eigenvalue weighted by Gasteiger charge is -2.36. The average molecular weight is 572 g/mol. The molecule has 12 nitrogen and oxygen atoms in total. The first-order chi connectivity index (χ1) is 19.4. The van der Waals surface area contributed by atoms with Crippen molar-refractivity contribution in [1.29, 1.82) is 0 Å². The second kappa shape index (κ2) is 10.8. The Hall–Kier alpha value is -4.11. The second-order valence-electron chi connectivity index (χ2n) is 9.42. The molecule has 5 heterocycles. The van der Waals surface area contributed by atoms with Gasteiger partial charge in [-0.25, -0.2) is 18.7 Å². The molecule has 0 aliphatic carbocycles. The monoisotopic (exact) mass is 571 g/mol. The molecule has 1 aliphatic heterocycles. The van der Waals surface area contributed by atoms with E-state index in [1.54, 1.807) is 31.0 Å². The fraction of sp³-hybridized carbons (Fsp3) is 0.360. The molecule has 6 rings (SSSR count). The van der Waals surface area contributed by atoms with Crippen LogP contribution in [0.2, 0.25) is 0 Å². The van der Waals surface area contributed by atoms with Crippen LogP contribution in [0.15, 0.2) is 41.3 Å². The third kappa shape index (κ3) is 5.09. The highest BCUT2D eigenvalue weighted by atomic mass is 32.2. The molecule has 40 heavy (non-hydrogen) atoms.